The average Bonchev–Trinajstić information content (AvgIpc) is 3.36. The molecule has 1 amide bonds. The minimum atomic E-state index is -0.606. The molecule has 4 rings (SSSR count). The highest BCUT2D eigenvalue weighted by molar-refractivity contribution is 7.12. The van der Waals surface area contributed by atoms with E-state index in [2.05, 4.69) is 10.1 Å². The molecule has 2 heterocycles. The third kappa shape index (κ3) is 3.37. The predicted octanol–water partition coefficient (Wildman–Crippen LogP) is 3.91. The molecule has 0 aliphatic heterocycles. The summed E-state index contributed by atoms with van der Waals surface area (Å²) in [5.41, 5.74) is 8.61. The van der Waals surface area contributed by atoms with Crippen LogP contribution in [0.4, 0.5) is 4.39 Å². The highest BCUT2D eigenvalue weighted by Gasteiger charge is 2.18. The van der Waals surface area contributed by atoms with Gasteiger partial charge in [0.05, 0.1) is 18.5 Å². The second-order valence-corrected chi connectivity index (χ2v) is 6.78. The summed E-state index contributed by atoms with van der Waals surface area (Å²) in [6.45, 7) is 0. The molecular formula is C20H15FN4O2S. The lowest BCUT2D eigenvalue weighted by Crippen LogP contribution is -2.16. The number of nitrogens with two attached hydrogens (primary N) is 1. The van der Waals surface area contributed by atoms with E-state index in [0.717, 1.165) is 16.9 Å². The fourth-order valence-electron chi connectivity index (χ4n) is 2.72. The molecule has 0 unspecified atom stereocenters. The average molecular weight is 394 g/mol. The second kappa shape index (κ2) is 7.24. The summed E-state index contributed by atoms with van der Waals surface area (Å²) in [6, 6.07) is 15.0. The van der Waals surface area contributed by atoms with Crippen LogP contribution in [0.3, 0.4) is 0 Å². The number of nitrogens with zero attached hydrogens (tertiary/aromatic N) is 3. The van der Waals surface area contributed by atoms with E-state index >= 15 is 0 Å². The van der Waals surface area contributed by atoms with E-state index in [-0.39, 0.29) is 11.5 Å². The number of aromatic nitrogens is 3. The van der Waals surface area contributed by atoms with Crippen molar-refractivity contribution in [2.45, 2.75) is 0 Å². The molecule has 0 fully saturated rings. The monoisotopic (exact) mass is 394 g/mol. The van der Waals surface area contributed by atoms with Crippen molar-refractivity contribution in [2.24, 2.45) is 5.73 Å². The zero-order chi connectivity index (χ0) is 19.7. The smallest absolute Gasteiger partial charge is 0.267 e. The molecule has 2 N–H and O–H groups in total. The van der Waals surface area contributed by atoms with E-state index in [0.29, 0.717) is 16.5 Å². The van der Waals surface area contributed by atoms with Crippen LogP contribution in [-0.4, -0.2) is 27.8 Å². The van der Waals surface area contributed by atoms with Gasteiger partial charge >= 0.3 is 0 Å². The van der Waals surface area contributed by atoms with Gasteiger partial charge in [0.25, 0.3) is 5.91 Å². The lowest BCUT2D eigenvalue weighted by atomic mass is 10.1. The minimum Gasteiger partial charge on any atom is -0.497 e. The van der Waals surface area contributed by atoms with Crippen molar-refractivity contribution in [2.75, 3.05) is 7.11 Å². The molecule has 0 atom stereocenters. The third-order valence-electron chi connectivity index (χ3n) is 4.16. The van der Waals surface area contributed by atoms with Crippen molar-refractivity contribution in [1.29, 1.82) is 0 Å². The molecule has 0 saturated carbocycles. The molecule has 8 heteroatoms. The van der Waals surface area contributed by atoms with Crippen LogP contribution < -0.4 is 10.5 Å². The van der Waals surface area contributed by atoms with E-state index in [1.54, 1.807) is 25.3 Å². The molecule has 0 aliphatic rings. The number of hydrogen-bond acceptors (Lipinski definition) is 5. The Bertz CT molecular complexity index is 1130. The van der Waals surface area contributed by atoms with Gasteiger partial charge in [0, 0.05) is 16.5 Å². The Balaban J connectivity index is 1.73. The van der Waals surface area contributed by atoms with Crippen molar-refractivity contribution in [3.05, 3.63) is 71.5 Å². The Morgan fingerprint density at radius 1 is 1.07 bits per heavy atom. The maximum Gasteiger partial charge on any atom is 0.267 e. The van der Waals surface area contributed by atoms with Gasteiger partial charge in [-0.15, -0.1) is 11.3 Å². The first kappa shape index (κ1) is 17.9. The summed E-state index contributed by atoms with van der Waals surface area (Å²) in [6.07, 6.45) is 0. The molecule has 140 valence electrons. The van der Waals surface area contributed by atoms with Crippen molar-refractivity contribution in [3.63, 3.8) is 0 Å². The molecule has 2 aromatic heterocycles. The van der Waals surface area contributed by atoms with Crippen molar-refractivity contribution in [1.82, 2.24) is 14.8 Å². The third-order valence-corrected chi connectivity index (χ3v) is 4.98. The molecule has 0 aliphatic carbocycles. The Morgan fingerprint density at radius 2 is 1.71 bits per heavy atom. The van der Waals surface area contributed by atoms with Gasteiger partial charge in [-0.2, -0.15) is 9.78 Å². The lowest BCUT2D eigenvalue weighted by Gasteiger charge is -2.01. The minimum absolute atomic E-state index is 0.228. The molecule has 0 saturated heterocycles. The Hall–Kier alpha value is -3.52. The first-order chi connectivity index (χ1) is 13.5. The zero-order valence-electron chi connectivity index (χ0n) is 14.8. The van der Waals surface area contributed by atoms with E-state index < -0.39 is 5.91 Å². The summed E-state index contributed by atoms with van der Waals surface area (Å²) in [5.74, 6) is -0.195. The van der Waals surface area contributed by atoms with Gasteiger partial charge in [0.2, 0.25) is 5.13 Å². The fraction of sp³-hybridized carbons (Fsp3) is 0.0500. The number of thiazole rings is 1. The topological polar surface area (TPSA) is 83.0 Å². The van der Waals surface area contributed by atoms with Gasteiger partial charge in [0.15, 0.2) is 0 Å². The summed E-state index contributed by atoms with van der Waals surface area (Å²) < 4.78 is 19.7. The summed E-state index contributed by atoms with van der Waals surface area (Å²) >= 11 is 1.32. The highest BCUT2D eigenvalue weighted by atomic mass is 32.1. The van der Waals surface area contributed by atoms with Crippen LogP contribution in [0.1, 0.15) is 10.5 Å². The van der Waals surface area contributed by atoms with Gasteiger partial charge in [-0.3, -0.25) is 4.79 Å². The molecule has 6 nitrogen and oxygen atoms in total. The largest absolute Gasteiger partial charge is 0.497 e. The maximum atomic E-state index is 13.1. The number of hydrogen-bond donors (Lipinski definition) is 1. The van der Waals surface area contributed by atoms with Gasteiger partial charge in [-0.1, -0.05) is 0 Å². The first-order valence-electron chi connectivity index (χ1n) is 8.31. The predicted molar refractivity (Wildman–Crippen MR) is 105 cm³/mol. The summed E-state index contributed by atoms with van der Waals surface area (Å²) in [4.78, 5) is 16.5. The molecule has 0 spiro atoms. The van der Waals surface area contributed by atoms with Crippen LogP contribution in [-0.2, 0) is 0 Å². The van der Waals surface area contributed by atoms with E-state index in [9.17, 15) is 9.18 Å². The molecule has 2 aromatic carbocycles. The fourth-order valence-corrected chi connectivity index (χ4v) is 3.52. The number of rotatable bonds is 5. The Morgan fingerprint density at radius 3 is 2.36 bits per heavy atom. The molecule has 28 heavy (non-hydrogen) atoms. The number of carbonyl (C=O) groups is 1. The second-order valence-electron chi connectivity index (χ2n) is 5.94. The summed E-state index contributed by atoms with van der Waals surface area (Å²) in [7, 11) is 1.59. The SMILES string of the molecule is COc1ccc(-c2cc(C(N)=O)n(-c3nc(-c4ccc(F)cc4)cs3)n2)cc1. The van der Waals surface area contributed by atoms with E-state index in [4.69, 9.17) is 10.5 Å². The molecule has 4 aromatic rings. The normalized spacial score (nSPS) is 10.8. The number of methoxy groups -OCH3 is 1. The van der Waals surface area contributed by atoms with Gasteiger partial charge in [-0.05, 0) is 54.6 Å². The van der Waals surface area contributed by atoms with Crippen LogP contribution in [0.5, 0.6) is 5.75 Å². The maximum absolute atomic E-state index is 13.1. The molecule has 0 bridgehead atoms. The number of amides is 1. The van der Waals surface area contributed by atoms with Gasteiger partial charge in [0.1, 0.15) is 17.3 Å². The lowest BCUT2D eigenvalue weighted by molar-refractivity contribution is 0.0993. The van der Waals surface area contributed by atoms with Gasteiger partial charge < -0.3 is 10.5 Å². The van der Waals surface area contributed by atoms with E-state index in [1.165, 1.54) is 28.2 Å². The number of carbonyl (C=O) groups excluding carboxylic acids is 1. The molecular weight excluding hydrogens is 379 g/mol. The van der Waals surface area contributed by atoms with E-state index in [1.807, 2.05) is 29.6 Å². The van der Waals surface area contributed by atoms with Crippen LogP contribution in [0.2, 0.25) is 0 Å². The zero-order valence-corrected chi connectivity index (χ0v) is 15.6. The first-order valence-corrected chi connectivity index (χ1v) is 9.19. The van der Waals surface area contributed by atoms with Gasteiger partial charge in [-0.25, -0.2) is 9.37 Å². The van der Waals surface area contributed by atoms with Crippen LogP contribution in [0, 0.1) is 5.82 Å². The van der Waals surface area contributed by atoms with Crippen molar-refractivity contribution >= 4 is 17.2 Å². The quantitative estimate of drug-likeness (QED) is 0.556. The number of ether oxygens (including phenoxy) is 1. The Kier molecular flexibility index (Phi) is 4.62. The van der Waals surface area contributed by atoms with Crippen LogP contribution in [0.15, 0.2) is 60.0 Å². The van der Waals surface area contributed by atoms with Crippen molar-refractivity contribution < 1.29 is 13.9 Å². The van der Waals surface area contributed by atoms with Crippen LogP contribution in [0.25, 0.3) is 27.6 Å². The number of primary amides is 1. The van der Waals surface area contributed by atoms with Crippen LogP contribution >= 0.6 is 11.3 Å². The number of halogens is 1. The number of benzene rings is 2. The van der Waals surface area contributed by atoms with Crippen molar-refractivity contribution in [3.8, 4) is 33.4 Å². The Labute approximate surface area is 164 Å². The highest BCUT2D eigenvalue weighted by Crippen LogP contribution is 2.28. The summed E-state index contributed by atoms with van der Waals surface area (Å²) in [5, 5.41) is 6.83. The molecule has 0 radical (unpaired) electrons. The standard InChI is InChI=1S/C20H15FN4O2S/c1-27-15-8-4-12(5-9-15)16-10-18(19(22)26)25(24-16)20-23-17(11-28-20)13-2-6-14(21)7-3-13/h2-11H,1H3,(H2,22,26).